The van der Waals surface area contributed by atoms with Gasteiger partial charge in [-0.25, -0.2) is 0 Å². The predicted molar refractivity (Wildman–Crippen MR) is 52.9 cm³/mol. The van der Waals surface area contributed by atoms with Gasteiger partial charge in [-0.2, -0.15) is 5.10 Å². The van der Waals surface area contributed by atoms with E-state index < -0.39 is 0 Å². The van der Waals surface area contributed by atoms with Crippen molar-refractivity contribution in [2.24, 2.45) is 12.9 Å². The van der Waals surface area contributed by atoms with E-state index in [0.29, 0.717) is 6.04 Å². The Morgan fingerprint density at radius 2 is 2.46 bits per heavy atom. The van der Waals surface area contributed by atoms with Gasteiger partial charge in [0.15, 0.2) is 0 Å². The lowest BCUT2D eigenvalue weighted by molar-refractivity contribution is 0.481. The van der Waals surface area contributed by atoms with Gasteiger partial charge >= 0.3 is 0 Å². The lowest BCUT2D eigenvalue weighted by atomic mass is 10.1. The quantitative estimate of drug-likeness (QED) is 0.518. The molecule has 0 spiro atoms. The number of nitrogens with zero attached hydrogens (tertiary/aromatic N) is 2. The summed E-state index contributed by atoms with van der Waals surface area (Å²) in [5.41, 5.74) is 4.08. The van der Waals surface area contributed by atoms with Gasteiger partial charge in [0.2, 0.25) is 0 Å². The number of aryl methyl sites for hydroxylation is 2. The zero-order valence-electron chi connectivity index (χ0n) is 8.33. The Labute approximate surface area is 79.1 Å². The summed E-state index contributed by atoms with van der Waals surface area (Å²) < 4.78 is 1.83. The van der Waals surface area contributed by atoms with Crippen LogP contribution in [-0.4, -0.2) is 15.8 Å². The molecule has 1 aromatic rings. The third-order valence-electron chi connectivity index (χ3n) is 2.27. The van der Waals surface area contributed by atoms with Crippen LogP contribution in [0.3, 0.4) is 0 Å². The maximum Gasteiger partial charge on any atom is 0.0521 e. The molecule has 13 heavy (non-hydrogen) atoms. The Bertz CT molecular complexity index is 240. The van der Waals surface area contributed by atoms with E-state index in [0.717, 1.165) is 19.3 Å². The number of nitrogens with one attached hydrogen (secondary N) is 1. The number of hydrazine groups is 1. The van der Waals surface area contributed by atoms with Crippen LogP contribution in [0.2, 0.25) is 0 Å². The first-order chi connectivity index (χ1) is 6.26. The third kappa shape index (κ3) is 3.16. The van der Waals surface area contributed by atoms with Crippen LogP contribution in [0, 0.1) is 0 Å². The second kappa shape index (κ2) is 4.99. The molecule has 0 bridgehead atoms. The average molecular weight is 182 g/mol. The van der Waals surface area contributed by atoms with E-state index in [1.54, 1.807) is 0 Å². The zero-order valence-corrected chi connectivity index (χ0v) is 8.33. The van der Waals surface area contributed by atoms with Crippen LogP contribution in [0.1, 0.15) is 25.3 Å². The minimum atomic E-state index is 0.417. The van der Waals surface area contributed by atoms with Gasteiger partial charge in [0.05, 0.1) is 6.20 Å². The largest absolute Gasteiger partial charge is 0.276 e. The lowest BCUT2D eigenvalue weighted by Gasteiger charge is -2.11. The first kappa shape index (κ1) is 10.2. The number of aromatic nitrogens is 2. The summed E-state index contributed by atoms with van der Waals surface area (Å²) in [7, 11) is 1.93. The highest BCUT2D eigenvalue weighted by Gasteiger charge is 2.04. The third-order valence-corrected chi connectivity index (χ3v) is 2.27. The highest BCUT2D eigenvalue weighted by atomic mass is 15.2. The van der Waals surface area contributed by atoms with E-state index in [1.807, 2.05) is 24.1 Å². The molecule has 0 saturated heterocycles. The second-order valence-corrected chi connectivity index (χ2v) is 3.33. The Hall–Kier alpha value is -0.870. The first-order valence-corrected chi connectivity index (χ1v) is 4.70. The molecular weight excluding hydrogens is 164 g/mol. The van der Waals surface area contributed by atoms with E-state index in [1.165, 1.54) is 5.56 Å². The molecule has 0 aromatic carbocycles. The van der Waals surface area contributed by atoms with Crippen molar-refractivity contribution in [3.63, 3.8) is 0 Å². The van der Waals surface area contributed by atoms with Crippen LogP contribution in [0.4, 0.5) is 0 Å². The number of nitrogens with two attached hydrogens (primary N) is 1. The highest BCUT2D eigenvalue weighted by Crippen LogP contribution is 2.05. The van der Waals surface area contributed by atoms with Crippen LogP contribution in [0.25, 0.3) is 0 Å². The van der Waals surface area contributed by atoms with Crippen molar-refractivity contribution in [2.45, 2.75) is 32.2 Å². The van der Waals surface area contributed by atoms with Gasteiger partial charge in [-0.05, 0) is 24.8 Å². The normalized spacial score (nSPS) is 13.2. The topological polar surface area (TPSA) is 55.9 Å². The number of hydrogen-bond donors (Lipinski definition) is 2. The van der Waals surface area contributed by atoms with Gasteiger partial charge in [0.1, 0.15) is 0 Å². The fourth-order valence-corrected chi connectivity index (χ4v) is 1.35. The van der Waals surface area contributed by atoms with E-state index in [-0.39, 0.29) is 0 Å². The van der Waals surface area contributed by atoms with Gasteiger partial charge in [-0.1, -0.05) is 6.92 Å². The van der Waals surface area contributed by atoms with Crippen molar-refractivity contribution < 1.29 is 0 Å². The molecule has 1 atom stereocenters. The summed E-state index contributed by atoms with van der Waals surface area (Å²) in [4.78, 5) is 0. The molecule has 0 aliphatic heterocycles. The fourth-order valence-electron chi connectivity index (χ4n) is 1.35. The van der Waals surface area contributed by atoms with Crippen LogP contribution >= 0.6 is 0 Å². The van der Waals surface area contributed by atoms with Crippen LogP contribution in [0.5, 0.6) is 0 Å². The molecule has 1 aromatic heterocycles. The Morgan fingerprint density at radius 1 is 1.69 bits per heavy atom. The smallest absolute Gasteiger partial charge is 0.0521 e. The molecule has 0 amide bonds. The minimum absolute atomic E-state index is 0.417. The summed E-state index contributed by atoms with van der Waals surface area (Å²) in [6.07, 6.45) is 7.12. The maximum absolute atomic E-state index is 5.38. The van der Waals surface area contributed by atoms with Crippen LogP contribution in [-0.2, 0) is 13.5 Å². The highest BCUT2D eigenvalue weighted by molar-refractivity contribution is 5.03. The van der Waals surface area contributed by atoms with Gasteiger partial charge in [0, 0.05) is 19.3 Å². The summed E-state index contributed by atoms with van der Waals surface area (Å²) in [6, 6.07) is 0.417. The maximum atomic E-state index is 5.38. The Kier molecular flexibility index (Phi) is 3.92. The summed E-state index contributed by atoms with van der Waals surface area (Å²) in [6.45, 7) is 2.13. The zero-order chi connectivity index (χ0) is 9.68. The molecule has 0 fully saturated rings. The van der Waals surface area contributed by atoms with Crippen LogP contribution < -0.4 is 11.3 Å². The predicted octanol–water partition coefficient (Wildman–Crippen LogP) is 0.595. The molecule has 0 aliphatic carbocycles. The summed E-state index contributed by atoms with van der Waals surface area (Å²) in [5.74, 6) is 5.38. The van der Waals surface area contributed by atoms with Crippen molar-refractivity contribution in [1.82, 2.24) is 15.2 Å². The Balaban J connectivity index is 2.33. The molecule has 3 N–H and O–H groups in total. The van der Waals surface area contributed by atoms with Crippen molar-refractivity contribution in [2.75, 3.05) is 0 Å². The fraction of sp³-hybridized carbons (Fsp3) is 0.667. The van der Waals surface area contributed by atoms with Gasteiger partial charge < -0.3 is 0 Å². The molecule has 1 rings (SSSR count). The molecule has 0 aliphatic rings. The number of rotatable bonds is 5. The van der Waals surface area contributed by atoms with E-state index in [4.69, 9.17) is 5.84 Å². The Morgan fingerprint density at radius 3 is 2.92 bits per heavy atom. The number of hydrogen-bond acceptors (Lipinski definition) is 3. The van der Waals surface area contributed by atoms with Gasteiger partial charge in [-0.3, -0.25) is 16.0 Å². The van der Waals surface area contributed by atoms with Crippen molar-refractivity contribution in [3.8, 4) is 0 Å². The molecule has 74 valence electrons. The minimum Gasteiger partial charge on any atom is -0.276 e. The van der Waals surface area contributed by atoms with E-state index in [2.05, 4.69) is 17.4 Å². The molecule has 0 saturated carbocycles. The SMILES string of the molecule is CCC(CCc1cnn(C)c1)NN. The second-order valence-electron chi connectivity index (χ2n) is 3.33. The van der Waals surface area contributed by atoms with Gasteiger partial charge in [-0.15, -0.1) is 0 Å². The van der Waals surface area contributed by atoms with Crippen molar-refractivity contribution in [1.29, 1.82) is 0 Å². The van der Waals surface area contributed by atoms with Gasteiger partial charge in [0.25, 0.3) is 0 Å². The van der Waals surface area contributed by atoms with Crippen molar-refractivity contribution >= 4 is 0 Å². The summed E-state index contributed by atoms with van der Waals surface area (Å²) in [5, 5.41) is 4.11. The van der Waals surface area contributed by atoms with E-state index in [9.17, 15) is 0 Å². The average Bonchev–Trinajstić information content (AvgIpc) is 2.53. The lowest BCUT2D eigenvalue weighted by Crippen LogP contribution is -2.34. The first-order valence-electron chi connectivity index (χ1n) is 4.70. The van der Waals surface area contributed by atoms with Crippen molar-refractivity contribution in [3.05, 3.63) is 18.0 Å². The molecule has 4 nitrogen and oxygen atoms in total. The molecule has 0 radical (unpaired) electrons. The van der Waals surface area contributed by atoms with E-state index >= 15 is 0 Å². The van der Waals surface area contributed by atoms with Crippen LogP contribution in [0.15, 0.2) is 12.4 Å². The molecular formula is C9H18N4. The molecule has 4 heteroatoms. The summed E-state index contributed by atoms with van der Waals surface area (Å²) >= 11 is 0. The standard InChI is InChI=1S/C9H18N4/c1-3-9(12-10)5-4-8-6-11-13(2)7-8/h6-7,9,12H,3-5,10H2,1-2H3. The molecule has 1 heterocycles. The molecule has 1 unspecified atom stereocenters. The monoisotopic (exact) mass is 182 g/mol.